The molecule has 0 amide bonds. The minimum absolute atomic E-state index is 0.101. The molecule has 1 N–H and O–H groups in total. The van der Waals surface area contributed by atoms with Crippen molar-refractivity contribution >= 4 is 29.8 Å². The van der Waals surface area contributed by atoms with E-state index >= 15 is 0 Å². The Hall–Kier alpha value is -0.890. The highest BCUT2D eigenvalue weighted by Gasteiger charge is 2.19. The second kappa shape index (κ2) is 6.48. The topological polar surface area (TPSA) is 80.3 Å². The van der Waals surface area contributed by atoms with Crippen molar-refractivity contribution in [2.75, 3.05) is 6.54 Å². The van der Waals surface area contributed by atoms with E-state index in [2.05, 4.69) is 10.8 Å². The van der Waals surface area contributed by atoms with E-state index in [1.165, 1.54) is 18.2 Å². The van der Waals surface area contributed by atoms with E-state index in [0.29, 0.717) is 6.54 Å². The molecular formula is C13H16ClNO4S2. The number of hydrogen-bond donors (Lipinski definition) is 1. The summed E-state index contributed by atoms with van der Waals surface area (Å²) < 4.78 is 49.4. The third-order valence-corrected chi connectivity index (χ3v) is 6.11. The van der Waals surface area contributed by atoms with E-state index in [1.54, 1.807) is 0 Å². The van der Waals surface area contributed by atoms with Gasteiger partial charge in [0.05, 0.1) is 9.79 Å². The summed E-state index contributed by atoms with van der Waals surface area (Å²) in [5.74, 6) is 0.268. The smallest absolute Gasteiger partial charge is 0.211 e. The number of halogens is 1. The van der Waals surface area contributed by atoms with E-state index in [-0.39, 0.29) is 15.7 Å². The molecule has 1 aromatic carbocycles. The number of nitrogens with one attached hydrogen (secondary N) is 1. The molecule has 0 fully saturated rings. The van der Waals surface area contributed by atoms with Gasteiger partial charge in [-0.05, 0) is 43.4 Å². The van der Waals surface area contributed by atoms with Gasteiger partial charge in [0.15, 0.2) is 0 Å². The van der Waals surface area contributed by atoms with E-state index in [0.717, 1.165) is 25.3 Å². The average molecular weight is 350 g/mol. The Kier molecular flexibility index (Phi) is 5.08. The highest BCUT2D eigenvalue weighted by molar-refractivity contribution is 8.13. The zero-order valence-electron chi connectivity index (χ0n) is 11.2. The van der Waals surface area contributed by atoms with E-state index in [9.17, 15) is 16.8 Å². The van der Waals surface area contributed by atoms with Gasteiger partial charge in [-0.2, -0.15) is 0 Å². The minimum Gasteiger partial charge on any atom is -0.211 e. The molecule has 1 aliphatic rings. The molecule has 21 heavy (non-hydrogen) atoms. The Morgan fingerprint density at radius 2 is 1.86 bits per heavy atom. The first-order chi connectivity index (χ1) is 9.79. The molecule has 5 nitrogen and oxygen atoms in total. The van der Waals surface area contributed by atoms with Gasteiger partial charge >= 0.3 is 0 Å². The van der Waals surface area contributed by atoms with Crippen molar-refractivity contribution in [3.63, 3.8) is 0 Å². The predicted octanol–water partition coefficient (Wildman–Crippen LogP) is 2.25. The normalized spacial score (nSPS) is 19.6. The molecule has 0 radical (unpaired) electrons. The molecule has 1 aliphatic carbocycles. The Bertz CT molecular complexity index is 741. The molecule has 0 saturated carbocycles. The summed E-state index contributed by atoms with van der Waals surface area (Å²) in [5.41, 5.74) is 0. The van der Waals surface area contributed by atoms with Crippen molar-refractivity contribution in [2.45, 2.75) is 29.1 Å². The van der Waals surface area contributed by atoms with Crippen LogP contribution in [-0.2, 0) is 19.1 Å². The van der Waals surface area contributed by atoms with Crippen LogP contribution in [-0.4, -0.2) is 23.4 Å². The summed E-state index contributed by atoms with van der Waals surface area (Å²) >= 11 is 0. The van der Waals surface area contributed by atoms with Crippen LogP contribution in [0.25, 0.3) is 0 Å². The van der Waals surface area contributed by atoms with E-state index < -0.39 is 19.1 Å². The number of allylic oxidation sites excluding steroid dienone is 2. The highest BCUT2D eigenvalue weighted by atomic mass is 35.7. The van der Waals surface area contributed by atoms with Gasteiger partial charge in [0.1, 0.15) is 0 Å². The van der Waals surface area contributed by atoms with Crippen molar-refractivity contribution in [3.8, 4) is 0 Å². The maximum Gasteiger partial charge on any atom is 0.261 e. The van der Waals surface area contributed by atoms with Crippen molar-refractivity contribution in [1.29, 1.82) is 0 Å². The van der Waals surface area contributed by atoms with Crippen LogP contribution in [0.15, 0.2) is 46.2 Å². The van der Waals surface area contributed by atoms with Gasteiger partial charge in [0, 0.05) is 17.2 Å². The number of sulfonamides is 1. The second-order valence-corrected chi connectivity index (χ2v) is 9.25. The van der Waals surface area contributed by atoms with Gasteiger partial charge in [-0.25, -0.2) is 21.6 Å². The van der Waals surface area contributed by atoms with Gasteiger partial charge in [-0.1, -0.05) is 18.2 Å². The third-order valence-electron chi connectivity index (χ3n) is 3.34. The van der Waals surface area contributed by atoms with Crippen LogP contribution in [0.2, 0.25) is 0 Å². The lowest BCUT2D eigenvalue weighted by Crippen LogP contribution is -2.29. The van der Waals surface area contributed by atoms with Crippen molar-refractivity contribution < 1.29 is 16.8 Å². The molecule has 116 valence electrons. The monoisotopic (exact) mass is 349 g/mol. The first-order valence-electron chi connectivity index (χ1n) is 6.48. The van der Waals surface area contributed by atoms with Crippen molar-refractivity contribution in [1.82, 2.24) is 4.72 Å². The fraction of sp³-hybridized carbons (Fsp3) is 0.385. The fourth-order valence-electron chi connectivity index (χ4n) is 2.15. The molecular weight excluding hydrogens is 334 g/mol. The molecule has 0 spiro atoms. The lowest BCUT2D eigenvalue weighted by atomic mass is 9.95. The van der Waals surface area contributed by atoms with Gasteiger partial charge in [-0.15, -0.1) is 0 Å². The van der Waals surface area contributed by atoms with Gasteiger partial charge in [0.25, 0.3) is 9.05 Å². The van der Waals surface area contributed by atoms with Gasteiger partial charge in [-0.3, -0.25) is 0 Å². The molecule has 2 rings (SSSR count). The summed E-state index contributed by atoms with van der Waals surface area (Å²) in [6.45, 7) is 0.338. The van der Waals surface area contributed by atoms with Crippen LogP contribution in [0.4, 0.5) is 0 Å². The maximum absolute atomic E-state index is 12.2. The van der Waals surface area contributed by atoms with Crippen molar-refractivity contribution in [2.24, 2.45) is 5.92 Å². The highest BCUT2D eigenvalue weighted by Crippen LogP contribution is 2.20. The first-order valence-corrected chi connectivity index (χ1v) is 10.3. The molecule has 1 aromatic rings. The Balaban J connectivity index is 2.14. The van der Waals surface area contributed by atoms with Crippen molar-refractivity contribution in [3.05, 3.63) is 36.4 Å². The Morgan fingerprint density at radius 3 is 2.48 bits per heavy atom. The minimum atomic E-state index is -3.95. The van der Waals surface area contributed by atoms with Gasteiger partial charge < -0.3 is 0 Å². The zero-order chi connectivity index (χ0) is 15.5. The Morgan fingerprint density at radius 1 is 1.14 bits per heavy atom. The van der Waals surface area contributed by atoms with Crippen LogP contribution in [0.1, 0.15) is 19.3 Å². The van der Waals surface area contributed by atoms with Crippen LogP contribution in [0.3, 0.4) is 0 Å². The standard InChI is InChI=1S/C13H16ClNO4S2/c14-20(16,17)12-7-4-8-13(9-12)21(18,19)15-10-11-5-2-1-3-6-11/h1-2,4,7-9,11,15H,3,5-6,10H2. The summed E-state index contributed by atoms with van der Waals surface area (Å²) in [4.78, 5) is -0.330. The van der Waals surface area contributed by atoms with E-state index in [4.69, 9.17) is 10.7 Å². The summed E-state index contributed by atoms with van der Waals surface area (Å²) in [5, 5.41) is 0. The van der Waals surface area contributed by atoms with Crippen LogP contribution in [0.5, 0.6) is 0 Å². The molecule has 8 heteroatoms. The number of hydrogen-bond acceptors (Lipinski definition) is 4. The lowest BCUT2D eigenvalue weighted by molar-refractivity contribution is 0.468. The number of benzene rings is 1. The maximum atomic E-state index is 12.2. The molecule has 1 unspecified atom stereocenters. The van der Waals surface area contributed by atoms with Crippen LogP contribution >= 0.6 is 10.7 Å². The summed E-state index contributed by atoms with van der Waals surface area (Å²) in [6, 6.07) is 5.01. The largest absolute Gasteiger partial charge is 0.261 e. The molecule has 0 saturated heterocycles. The SMILES string of the molecule is O=S(=O)(Cl)c1cccc(S(=O)(=O)NCC2CC=CCC2)c1. The first kappa shape index (κ1) is 16.5. The summed E-state index contributed by atoms with van der Waals surface area (Å²) in [7, 11) is -2.46. The summed E-state index contributed by atoms with van der Waals surface area (Å²) in [6.07, 6.45) is 6.86. The van der Waals surface area contributed by atoms with Gasteiger partial charge in [0.2, 0.25) is 10.0 Å². The van der Waals surface area contributed by atoms with Crippen LogP contribution in [0, 0.1) is 5.92 Å². The lowest BCUT2D eigenvalue weighted by Gasteiger charge is -2.18. The van der Waals surface area contributed by atoms with Crippen LogP contribution < -0.4 is 4.72 Å². The number of rotatable bonds is 5. The van der Waals surface area contributed by atoms with E-state index in [1.807, 2.05) is 6.08 Å². The second-order valence-electron chi connectivity index (χ2n) is 4.92. The predicted molar refractivity (Wildman–Crippen MR) is 81.2 cm³/mol. The molecule has 0 aliphatic heterocycles. The molecule has 0 heterocycles. The quantitative estimate of drug-likeness (QED) is 0.653. The third kappa shape index (κ3) is 4.54. The molecule has 1 atom stereocenters. The Labute approximate surface area is 129 Å². The zero-order valence-corrected chi connectivity index (χ0v) is 13.6. The average Bonchev–Trinajstić information content (AvgIpc) is 2.46. The fourth-order valence-corrected chi connectivity index (χ4v) is 4.18. The molecule has 0 aromatic heterocycles. The molecule has 0 bridgehead atoms.